The molecule has 2 fully saturated rings. The highest BCUT2D eigenvalue weighted by atomic mass is 35.5. The second-order valence-electron chi connectivity index (χ2n) is 5.62. The van der Waals surface area contributed by atoms with Crippen LogP contribution in [-0.2, 0) is 9.47 Å². The van der Waals surface area contributed by atoms with Crippen molar-refractivity contribution in [3.05, 3.63) is 29.3 Å². The Morgan fingerprint density at radius 3 is 2.33 bits per heavy atom. The molecule has 21 heavy (non-hydrogen) atoms. The van der Waals surface area contributed by atoms with Gasteiger partial charge in [0.05, 0.1) is 13.2 Å². The minimum atomic E-state index is 0.00745. The van der Waals surface area contributed by atoms with Crippen molar-refractivity contribution in [3.63, 3.8) is 0 Å². The molecule has 2 aliphatic rings. The van der Waals surface area contributed by atoms with Gasteiger partial charge < -0.3 is 14.4 Å². The van der Waals surface area contributed by atoms with Crippen molar-refractivity contribution in [1.29, 1.82) is 0 Å². The van der Waals surface area contributed by atoms with Gasteiger partial charge in [-0.3, -0.25) is 4.90 Å². The number of hydrogen-bond donors (Lipinski definition) is 0. The summed E-state index contributed by atoms with van der Waals surface area (Å²) in [4.78, 5) is 4.91. The van der Waals surface area contributed by atoms with Gasteiger partial charge >= 0.3 is 0 Å². The lowest BCUT2D eigenvalue weighted by molar-refractivity contribution is -0.182. The minimum Gasteiger partial charge on any atom is -0.369 e. The average Bonchev–Trinajstić information content (AvgIpc) is 2.55. The fourth-order valence-corrected chi connectivity index (χ4v) is 3.00. The molecule has 4 nitrogen and oxygen atoms in total. The maximum Gasteiger partial charge on any atom is 0.158 e. The van der Waals surface area contributed by atoms with Crippen molar-refractivity contribution in [2.24, 2.45) is 0 Å². The summed E-state index contributed by atoms with van der Waals surface area (Å²) < 4.78 is 11.2. The molecular weight excluding hydrogens is 288 g/mol. The molecule has 3 rings (SSSR count). The third-order valence-electron chi connectivity index (χ3n) is 4.14. The second-order valence-corrected chi connectivity index (χ2v) is 6.05. The second kappa shape index (κ2) is 7.45. The molecule has 1 aromatic rings. The van der Waals surface area contributed by atoms with Crippen LogP contribution in [0.1, 0.15) is 12.8 Å². The average molecular weight is 311 g/mol. The zero-order valence-electron chi connectivity index (χ0n) is 12.3. The maximum atomic E-state index is 5.94. The van der Waals surface area contributed by atoms with Gasteiger partial charge in [-0.05, 0) is 30.7 Å². The molecule has 0 atom stereocenters. The molecule has 0 spiro atoms. The summed E-state index contributed by atoms with van der Waals surface area (Å²) in [6.45, 7) is 7.05. The van der Waals surface area contributed by atoms with Gasteiger partial charge in [0.2, 0.25) is 0 Å². The predicted molar refractivity (Wildman–Crippen MR) is 85.0 cm³/mol. The van der Waals surface area contributed by atoms with E-state index in [1.807, 2.05) is 12.1 Å². The SMILES string of the molecule is Clc1ccc(N2CCN(CCC3OCCCO3)CC2)cc1. The summed E-state index contributed by atoms with van der Waals surface area (Å²) in [5.74, 6) is 0. The van der Waals surface area contributed by atoms with E-state index >= 15 is 0 Å². The summed E-state index contributed by atoms with van der Waals surface area (Å²) in [5, 5.41) is 0.796. The Kier molecular flexibility index (Phi) is 5.36. The largest absolute Gasteiger partial charge is 0.369 e. The molecule has 5 heteroatoms. The van der Waals surface area contributed by atoms with Gasteiger partial charge in [-0.1, -0.05) is 11.6 Å². The summed E-state index contributed by atoms with van der Waals surface area (Å²) >= 11 is 5.94. The molecule has 2 aliphatic heterocycles. The molecule has 0 amide bonds. The number of anilines is 1. The maximum absolute atomic E-state index is 5.94. The Hall–Kier alpha value is -0.810. The lowest BCUT2D eigenvalue weighted by Crippen LogP contribution is -2.47. The Balaban J connectivity index is 1.41. The Morgan fingerprint density at radius 2 is 1.67 bits per heavy atom. The monoisotopic (exact) mass is 310 g/mol. The number of rotatable bonds is 4. The van der Waals surface area contributed by atoms with E-state index < -0.39 is 0 Å². The topological polar surface area (TPSA) is 24.9 Å². The molecule has 2 heterocycles. The first-order valence-corrected chi connectivity index (χ1v) is 8.15. The zero-order chi connectivity index (χ0) is 14.5. The molecule has 2 saturated heterocycles. The molecule has 1 aromatic carbocycles. The smallest absolute Gasteiger partial charge is 0.158 e. The van der Waals surface area contributed by atoms with Crippen LogP contribution in [0.5, 0.6) is 0 Å². The van der Waals surface area contributed by atoms with Crippen LogP contribution in [-0.4, -0.2) is 57.1 Å². The van der Waals surface area contributed by atoms with Gasteiger partial charge in [-0.15, -0.1) is 0 Å². The summed E-state index contributed by atoms with van der Waals surface area (Å²) in [7, 11) is 0. The molecule has 0 N–H and O–H groups in total. The zero-order valence-corrected chi connectivity index (χ0v) is 13.1. The van der Waals surface area contributed by atoms with Crippen LogP contribution in [0.25, 0.3) is 0 Å². The van der Waals surface area contributed by atoms with Crippen molar-refractivity contribution in [3.8, 4) is 0 Å². The normalized spacial score (nSPS) is 21.7. The van der Waals surface area contributed by atoms with Crippen LogP contribution in [0.4, 0.5) is 5.69 Å². The van der Waals surface area contributed by atoms with Crippen LogP contribution in [0.15, 0.2) is 24.3 Å². The highest BCUT2D eigenvalue weighted by Gasteiger charge is 2.20. The van der Waals surface area contributed by atoms with Crippen molar-refractivity contribution in [2.75, 3.05) is 50.8 Å². The Morgan fingerprint density at radius 1 is 1.00 bits per heavy atom. The van der Waals surface area contributed by atoms with Crippen molar-refractivity contribution in [1.82, 2.24) is 4.90 Å². The minimum absolute atomic E-state index is 0.00745. The Bertz CT molecular complexity index is 426. The first-order chi connectivity index (χ1) is 10.3. The van der Waals surface area contributed by atoms with Gasteiger partial charge in [-0.25, -0.2) is 0 Å². The quantitative estimate of drug-likeness (QED) is 0.853. The molecule has 0 bridgehead atoms. The number of nitrogens with zero attached hydrogens (tertiary/aromatic N) is 2. The van der Waals surface area contributed by atoms with Gasteiger partial charge in [0, 0.05) is 49.9 Å². The van der Waals surface area contributed by atoms with Gasteiger partial charge in [-0.2, -0.15) is 0 Å². The summed E-state index contributed by atoms with van der Waals surface area (Å²) in [6, 6.07) is 8.12. The molecular formula is C16H23ClN2O2. The third kappa shape index (κ3) is 4.33. The van der Waals surface area contributed by atoms with E-state index in [0.717, 1.165) is 63.8 Å². The molecule has 116 valence electrons. The van der Waals surface area contributed by atoms with E-state index in [9.17, 15) is 0 Å². The van der Waals surface area contributed by atoms with Crippen LogP contribution in [0.2, 0.25) is 5.02 Å². The summed E-state index contributed by atoms with van der Waals surface area (Å²) in [6.07, 6.45) is 2.00. The molecule has 0 radical (unpaired) electrons. The molecule has 0 aliphatic carbocycles. The fraction of sp³-hybridized carbons (Fsp3) is 0.625. The van der Waals surface area contributed by atoms with Crippen LogP contribution < -0.4 is 4.90 Å². The lowest BCUT2D eigenvalue weighted by Gasteiger charge is -2.36. The highest BCUT2D eigenvalue weighted by Crippen LogP contribution is 2.19. The lowest BCUT2D eigenvalue weighted by atomic mass is 10.2. The molecule has 0 aromatic heterocycles. The van der Waals surface area contributed by atoms with Gasteiger partial charge in [0.15, 0.2) is 6.29 Å². The van der Waals surface area contributed by atoms with E-state index in [0.29, 0.717) is 0 Å². The first-order valence-electron chi connectivity index (χ1n) is 7.77. The highest BCUT2D eigenvalue weighted by molar-refractivity contribution is 6.30. The third-order valence-corrected chi connectivity index (χ3v) is 4.39. The van der Waals surface area contributed by atoms with E-state index in [4.69, 9.17) is 21.1 Å². The van der Waals surface area contributed by atoms with Crippen LogP contribution >= 0.6 is 11.6 Å². The van der Waals surface area contributed by atoms with Gasteiger partial charge in [0.25, 0.3) is 0 Å². The van der Waals surface area contributed by atoms with Crippen molar-refractivity contribution < 1.29 is 9.47 Å². The van der Waals surface area contributed by atoms with Crippen molar-refractivity contribution >= 4 is 17.3 Å². The standard InChI is InChI=1S/C16H23ClN2O2/c17-14-2-4-15(5-3-14)19-10-8-18(9-11-19)7-6-16-20-12-1-13-21-16/h2-5,16H,1,6-13H2. The fourth-order valence-electron chi connectivity index (χ4n) is 2.87. The molecule has 0 unspecified atom stereocenters. The number of benzene rings is 1. The van der Waals surface area contributed by atoms with E-state index in [1.54, 1.807) is 0 Å². The number of hydrogen-bond acceptors (Lipinski definition) is 4. The van der Waals surface area contributed by atoms with E-state index in [-0.39, 0.29) is 6.29 Å². The van der Waals surface area contributed by atoms with E-state index in [2.05, 4.69) is 21.9 Å². The predicted octanol–water partition coefficient (Wildman–Crippen LogP) is 2.62. The number of ether oxygens (including phenoxy) is 2. The van der Waals surface area contributed by atoms with Crippen molar-refractivity contribution in [2.45, 2.75) is 19.1 Å². The summed E-state index contributed by atoms with van der Waals surface area (Å²) in [5.41, 5.74) is 1.26. The Labute approximate surface area is 131 Å². The molecule has 0 saturated carbocycles. The van der Waals surface area contributed by atoms with E-state index in [1.165, 1.54) is 5.69 Å². The first kappa shape index (κ1) is 15.1. The van der Waals surface area contributed by atoms with Crippen LogP contribution in [0.3, 0.4) is 0 Å². The van der Waals surface area contributed by atoms with Gasteiger partial charge in [0.1, 0.15) is 0 Å². The number of piperazine rings is 1. The van der Waals surface area contributed by atoms with Crippen LogP contribution in [0, 0.1) is 0 Å². The number of halogens is 1.